The highest BCUT2D eigenvalue weighted by molar-refractivity contribution is 7.98. The molecule has 152 valence electrons. The van der Waals surface area contributed by atoms with Crippen LogP contribution in [0.4, 0.5) is 5.69 Å². The van der Waals surface area contributed by atoms with Crippen molar-refractivity contribution in [2.45, 2.75) is 31.4 Å². The van der Waals surface area contributed by atoms with Crippen LogP contribution in [-0.2, 0) is 5.75 Å². The van der Waals surface area contributed by atoms with Crippen LogP contribution in [0.15, 0.2) is 51.9 Å². The quantitative estimate of drug-likeness (QED) is 0.508. The summed E-state index contributed by atoms with van der Waals surface area (Å²) in [4.78, 5) is 18.0. The summed E-state index contributed by atoms with van der Waals surface area (Å²) in [6, 6.07) is 12.8. The van der Waals surface area contributed by atoms with Crippen molar-refractivity contribution in [3.05, 3.63) is 59.7 Å². The third kappa shape index (κ3) is 5.51. The Bertz CT molecular complexity index is 974. The molecule has 0 atom stereocenters. The van der Waals surface area contributed by atoms with Gasteiger partial charge >= 0.3 is 0 Å². The zero-order valence-electron chi connectivity index (χ0n) is 16.6. The summed E-state index contributed by atoms with van der Waals surface area (Å²) in [6.45, 7) is 6.61. The Labute approximate surface area is 173 Å². The smallest absolute Gasteiger partial charge is 0.256 e. The normalized spacial score (nSPS) is 10.6. The SMILES string of the molecule is CCOc1ccc(OCC)c(NC(=O)c2ccccc2SCc2nc(C)no2)c1. The predicted molar refractivity (Wildman–Crippen MR) is 112 cm³/mol. The summed E-state index contributed by atoms with van der Waals surface area (Å²) >= 11 is 1.47. The molecule has 0 radical (unpaired) electrons. The summed E-state index contributed by atoms with van der Waals surface area (Å²) in [5, 5.41) is 6.73. The summed E-state index contributed by atoms with van der Waals surface area (Å²) < 4.78 is 16.3. The van der Waals surface area contributed by atoms with Gasteiger partial charge < -0.3 is 19.3 Å². The highest BCUT2D eigenvalue weighted by atomic mass is 32.2. The van der Waals surface area contributed by atoms with Crippen molar-refractivity contribution in [3.63, 3.8) is 0 Å². The van der Waals surface area contributed by atoms with E-state index in [1.807, 2.05) is 38.1 Å². The van der Waals surface area contributed by atoms with Crippen molar-refractivity contribution in [1.29, 1.82) is 0 Å². The molecule has 0 unspecified atom stereocenters. The van der Waals surface area contributed by atoms with Crippen LogP contribution in [0, 0.1) is 6.92 Å². The minimum absolute atomic E-state index is 0.232. The largest absolute Gasteiger partial charge is 0.494 e. The number of aryl methyl sites for hydroxylation is 1. The summed E-state index contributed by atoms with van der Waals surface area (Å²) in [6.07, 6.45) is 0. The van der Waals surface area contributed by atoms with Gasteiger partial charge in [0.15, 0.2) is 5.82 Å². The van der Waals surface area contributed by atoms with E-state index in [0.717, 1.165) is 4.90 Å². The lowest BCUT2D eigenvalue weighted by Crippen LogP contribution is -2.14. The number of thioether (sulfide) groups is 1. The molecule has 3 aromatic rings. The van der Waals surface area contributed by atoms with E-state index in [4.69, 9.17) is 14.0 Å². The standard InChI is InChI=1S/C21H23N3O4S/c1-4-26-15-10-11-18(27-5-2)17(12-15)23-21(25)16-8-6-7-9-19(16)29-13-20-22-14(3)24-28-20/h6-12H,4-5,13H2,1-3H3,(H,23,25). The maximum atomic E-state index is 13.0. The van der Waals surface area contributed by atoms with E-state index in [9.17, 15) is 4.79 Å². The second kappa shape index (κ2) is 9.97. The van der Waals surface area contributed by atoms with Crippen molar-refractivity contribution in [3.8, 4) is 11.5 Å². The first-order chi connectivity index (χ1) is 14.1. The lowest BCUT2D eigenvalue weighted by atomic mass is 10.2. The van der Waals surface area contributed by atoms with Crippen LogP contribution in [0.5, 0.6) is 11.5 Å². The Morgan fingerprint density at radius 3 is 2.66 bits per heavy atom. The fourth-order valence-electron chi connectivity index (χ4n) is 2.65. The first-order valence-corrected chi connectivity index (χ1v) is 10.3. The van der Waals surface area contributed by atoms with Crippen LogP contribution >= 0.6 is 11.8 Å². The monoisotopic (exact) mass is 413 g/mol. The maximum absolute atomic E-state index is 13.0. The fourth-order valence-corrected chi connectivity index (χ4v) is 3.54. The van der Waals surface area contributed by atoms with Gasteiger partial charge in [0.25, 0.3) is 5.91 Å². The van der Waals surface area contributed by atoms with Crippen molar-refractivity contribution in [2.24, 2.45) is 0 Å². The van der Waals surface area contributed by atoms with E-state index < -0.39 is 0 Å². The van der Waals surface area contributed by atoms with E-state index in [0.29, 0.717) is 53.4 Å². The highest BCUT2D eigenvalue weighted by Gasteiger charge is 2.16. The predicted octanol–water partition coefficient (Wildman–Crippen LogP) is 4.72. The molecule has 0 aliphatic heterocycles. The summed E-state index contributed by atoms with van der Waals surface area (Å²) in [5.74, 6) is 2.62. The number of nitrogens with zero attached hydrogens (tertiary/aromatic N) is 2. The Morgan fingerprint density at radius 2 is 1.93 bits per heavy atom. The van der Waals surface area contributed by atoms with Crippen molar-refractivity contribution in [2.75, 3.05) is 18.5 Å². The lowest BCUT2D eigenvalue weighted by Gasteiger charge is -2.14. The van der Waals surface area contributed by atoms with Gasteiger partial charge in [-0.1, -0.05) is 17.3 Å². The average Bonchev–Trinajstić information content (AvgIpc) is 3.14. The van der Waals surface area contributed by atoms with Crippen LogP contribution in [0.1, 0.15) is 35.9 Å². The molecular weight excluding hydrogens is 390 g/mol. The van der Waals surface area contributed by atoms with E-state index in [1.54, 1.807) is 25.1 Å². The number of carbonyl (C=O) groups is 1. The van der Waals surface area contributed by atoms with Crippen molar-refractivity contribution >= 4 is 23.4 Å². The zero-order chi connectivity index (χ0) is 20.6. The van der Waals surface area contributed by atoms with Crippen LogP contribution in [0.3, 0.4) is 0 Å². The van der Waals surface area contributed by atoms with Crippen LogP contribution < -0.4 is 14.8 Å². The molecule has 1 amide bonds. The minimum atomic E-state index is -0.232. The molecule has 8 heteroatoms. The second-order valence-corrected chi connectivity index (χ2v) is 7.02. The van der Waals surface area contributed by atoms with Gasteiger partial charge in [0, 0.05) is 11.0 Å². The molecule has 1 aromatic heterocycles. The van der Waals surface area contributed by atoms with E-state index in [1.165, 1.54) is 11.8 Å². The van der Waals surface area contributed by atoms with E-state index in [2.05, 4.69) is 15.5 Å². The maximum Gasteiger partial charge on any atom is 0.256 e. The zero-order valence-corrected chi connectivity index (χ0v) is 17.4. The van der Waals surface area contributed by atoms with E-state index in [-0.39, 0.29) is 5.91 Å². The van der Waals surface area contributed by atoms with Gasteiger partial charge in [-0.3, -0.25) is 4.79 Å². The van der Waals surface area contributed by atoms with Crippen molar-refractivity contribution in [1.82, 2.24) is 10.1 Å². The third-order valence-corrected chi connectivity index (χ3v) is 4.92. The Hall–Kier alpha value is -3.00. The molecule has 1 N–H and O–H groups in total. The molecule has 0 aliphatic rings. The lowest BCUT2D eigenvalue weighted by molar-refractivity contribution is 0.102. The van der Waals surface area contributed by atoms with Crippen LogP contribution in [-0.4, -0.2) is 29.3 Å². The number of hydrogen-bond donors (Lipinski definition) is 1. The van der Waals surface area contributed by atoms with Gasteiger partial charge in [-0.2, -0.15) is 4.98 Å². The molecule has 0 fully saturated rings. The van der Waals surface area contributed by atoms with E-state index >= 15 is 0 Å². The number of benzene rings is 2. The van der Waals surface area contributed by atoms with Gasteiger partial charge in [0.05, 0.1) is 30.2 Å². The summed E-state index contributed by atoms with van der Waals surface area (Å²) in [5.41, 5.74) is 1.12. The Balaban J connectivity index is 1.79. The van der Waals surface area contributed by atoms with Gasteiger partial charge in [-0.15, -0.1) is 11.8 Å². The van der Waals surface area contributed by atoms with Gasteiger partial charge in [-0.05, 0) is 45.0 Å². The number of rotatable bonds is 9. The topological polar surface area (TPSA) is 86.5 Å². The molecule has 0 aliphatic carbocycles. The van der Waals surface area contributed by atoms with Gasteiger partial charge in [0.1, 0.15) is 11.5 Å². The Morgan fingerprint density at radius 1 is 1.14 bits per heavy atom. The fraction of sp³-hybridized carbons (Fsp3) is 0.286. The molecule has 7 nitrogen and oxygen atoms in total. The number of amides is 1. The number of nitrogens with one attached hydrogen (secondary N) is 1. The molecular formula is C21H23N3O4S. The molecule has 0 spiro atoms. The molecule has 0 bridgehead atoms. The summed E-state index contributed by atoms with van der Waals surface area (Å²) in [7, 11) is 0. The van der Waals surface area contributed by atoms with Crippen LogP contribution in [0.2, 0.25) is 0 Å². The van der Waals surface area contributed by atoms with Gasteiger partial charge in [0.2, 0.25) is 5.89 Å². The number of hydrogen-bond acceptors (Lipinski definition) is 7. The molecule has 29 heavy (non-hydrogen) atoms. The van der Waals surface area contributed by atoms with Crippen molar-refractivity contribution < 1.29 is 18.8 Å². The molecule has 0 saturated heterocycles. The number of carbonyl (C=O) groups excluding carboxylic acids is 1. The molecule has 3 rings (SSSR count). The highest BCUT2D eigenvalue weighted by Crippen LogP contribution is 2.31. The van der Waals surface area contributed by atoms with Gasteiger partial charge in [-0.25, -0.2) is 0 Å². The molecule has 0 saturated carbocycles. The second-order valence-electron chi connectivity index (χ2n) is 6.00. The first kappa shape index (κ1) is 20.7. The molecule has 1 heterocycles. The Kier molecular flexibility index (Phi) is 7.13. The number of aromatic nitrogens is 2. The molecule has 2 aromatic carbocycles. The van der Waals surface area contributed by atoms with Crippen LogP contribution in [0.25, 0.3) is 0 Å². The third-order valence-electron chi connectivity index (χ3n) is 3.86. The average molecular weight is 413 g/mol. The first-order valence-electron chi connectivity index (χ1n) is 9.32. The number of anilines is 1. The minimum Gasteiger partial charge on any atom is -0.494 e. The number of ether oxygens (including phenoxy) is 2.